The molecule has 2 heterocycles. The number of hydrogen-bond donors (Lipinski definition) is 4. The van der Waals surface area contributed by atoms with Gasteiger partial charge in [-0.05, 0) is 95.1 Å². The number of aryl methyl sites for hydroxylation is 4. The largest absolute Gasteiger partial charge is 0.488 e. The molecule has 58 heavy (non-hydrogen) atoms. The van der Waals surface area contributed by atoms with Gasteiger partial charge in [-0.15, -0.1) is 0 Å². The summed E-state index contributed by atoms with van der Waals surface area (Å²) in [5.41, 5.74) is 10.7. The van der Waals surface area contributed by atoms with Crippen LogP contribution in [0.1, 0.15) is 56.8 Å². The van der Waals surface area contributed by atoms with Gasteiger partial charge in [-0.1, -0.05) is 89.2 Å². The van der Waals surface area contributed by atoms with Crippen LogP contribution in [0, 0.1) is 13.8 Å². The smallest absolute Gasteiger partial charge is 0.423 e. The van der Waals surface area contributed by atoms with Crippen LogP contribution < -0.4 is 16.1 Å². The van der Waals surface area contributed by atoms with Crippen molar-refractivity contribution in [1.29, 1.82) is 0 Å². The van der Waals surface area contributed by atoms with E-state index in [9.17, 15) is 9.59 Å². The number of aromatic nitrogens is 2. The van der Waals surface area contributed by atoms with Gasteiger partial charge in [-0.3, -0.25) is 9.59 Å². The summed E-state index contributed by atoms with van der Waals surface area (Å²) >= 11 is 3.40. The molecule has 0 aliphatic rings. The molecule has 0 radical (unpaired) electrons. The summed E-state index contributed by atoms with van der Waals surface area (Å²) in [5, 5.41) is 31.4. The molecular weight excluding hydrogens is 799 g/mol. The summed E-state index contributed by atoms with van der Waals surface area (Å²) in [6, 6.07) is 30.1. The predicted molar refractivity (Wildman–Crippen MR) is 237 cm³/mol. The summed E-state index contributed by atoms with van der Waals surface area (Å²) in [4.78, 5) is 34.2. The monoisotopic (exact) mass is 846 g/mol. The third-order valence-electron chi connectivity index (χ3n) is 8.79. The Balaban J connectivity index is 0.000000207. The summed E-state index contributed by atoms with van der Waals surface area (Å²) in [5.74, 6) is -0.199. The molecule has 14 heteroatoms. The highest BCUT2D eigenvalue weighted by Gasteiger charge is 2.15. The van der Waals surface area contributed by atoms with E-state index in [2.05, 4.69) is 41.7 Å². The summed E-state index contributed by atoms with van der Waals surface area (Å²) in [6.07, 6.45) is 7.51. The number of oxime groups is 2. The molecule has 0 saturated carbocycles. The molecule has 6 rings (SSSR count). The third-order valence-corrected chi connectivity index (χ3v) is 9.48. The van der Waals surface area contributed by atoms with Gasteiger partial charge in [-0.25, -0.2) is 0 Å². The van der Waals surface area contributed by atoms with E-state index in [4.69, 9.17) is 14.9 Å². The van der Waals surface area contributed by atoms with Crippen molar-refractivity contribution in [1.82, 2.24) is 9.13 Å². The number of carbonyl (C=O) groups is 2. The van der Waals surface area contributed by atoms with Crippen LogP contribution in [0.2, 0.25) is 0 Å². The van der Waals surface area contributed by atoms with Crippen LogP contribution in [0.25, 0.3) is 11.1 Å². The number of rotatable bonds is 10. The number of amides is 2. The number of para-hydroxylation sites is 2. The van der Waals surface area contributed by atoms with E-state index in [0.29, 0.717) is 16.6 Å². The molecule has 0 spiro atoms. The number of nitrogens with zero attached hydrogens (tertiary/aromatic N) is 4. The molecule has 4 N–H and O–H groups in total. The number of halogens is 1. The van der Waals surface area contributed by atoms with Crippen LogP contribution in [-0.4, -0.2) is 63.8 Å². The van der Waals surface area contributed by atoms with Crippen molar-refractivity contribution < 1.29 is 29.3 Å². The Bertz CT molecular complexity index is 2370. The summed E-state index contributed by atoms with van der Waals surface area (Å²) in [6.45, 7) is 7.57. The number of nitrogens with one attached hydrogen (secondary N) is 2. The lowest BCUT2D eigenvalue weighted by molar-refractivity contribution is 0.101. The fourth-order valence-electron chi connectivity index (χ4n) is 5.86. The number of hydrogen-bond acceptors (Lipinski definition) is 8. The molecule has 6 aromatic rings. The van der Waals surface area contributed by atoms with Gasteiger partial charge in [0.05, 0.1) is 28.2 Å². The van der Waals surface area contributed by atoms with Crippen molar-refractivity contribution >= 4 is 63.1 Å². The minimum Gasteiger partial charge on any atom is -0.423 e. The molecule has 0 saturated heterocycles. The fraction of sp³-hybridized carbons (Fsp3) is 0.182. The quantitative estimate of drug-likeness (QED) is 0.0630. The maximum Gasteiger partial charge on any atom is 0.488 e. The van der Waals surface area contributed by atoms with Crippen LogP contribution in [0.3, 0.4) is 0 Å². The first kappa shape index (κ1) is 44.5. The van der Waals surface area contributed by atoms with E-state index < -0.39 is 7.12 Å². The van der Waals surface area contributed by atoms with Crippen LogP contribution in [-0.2, 0) is 23.8 Å². The zero-order valence-electron chi connectivity index (χ0n) is 33.8. The summed E-state index contributed by atoms with van der Waals surface area (Å²) in [7, 11) is 5.40. The number of anilines is 2. The van der Waals surface area contributed by atoms with E-state index in [1.165, 1.54) is 14.2 Å². The average Bonchev–Trinajstić information content (AvgIpc) is 3.74. The van der Waals surface area contributed by atoms with Gasteiger partial charge in [0.1, 0.15) is 14.2 Å². The van der Waals surface area contributed by atoms with Gasteiger partial charge in [0, 0.05) is 54.6 Å². The van der Waals surface area contributed by atoms with Gasteiger partial charge in [-0.2, -0.15) is 0 Å². The van der Waals surface area contributed by atoms with Gasteiger partial charge >= 0.3 is 7.12 Å². The van der Waals surface area contributed by atoms with Crippen molar-refractivity contribution in [3.05, 3.63) is 160 Å². The van der Waals surface area contributed by atoms with E-state index >= 15 is 0 Å². The first-order valence-electron chi connectivity index (χ1n) is 18.2. The van der Waals surface area contributed by atoms with E-state index in [-0.39, 0.29) is 11.8 Å². The lowest BCUT2D eigenvalue weighted by Crippen LogP contribution is -2.29. The van der Waals surface area contributed by atoms with Crippen LogP contribution in [0.15, 0.2) is 137 Å². The van der Waals surface area contributed by atoms with Gasteiger partial charge < -0.3 is 39.5 Å². The molecule has 0 atom stereocenters. The third kappa shape index (κ3) is 12.4. The molecule has 4 aromatic carbocycles. The molecule has 2 amide bonds. The Labute approximate surface area is 348 Å². The minimum absolute atomic E-state index is 0.0880. The number of carbonyl (C=O) groups excluding carboxylic acids is 2. The zero-order valence-corrected chi connectivity index (χ0v) is 35.4. The van der Waals surface area contributed by atoms with Crippen molar-refractivity contribution in [2.45, 2.75) is 27.7 Å². The Kier molecular flexibility index (Phi) is 16.4. The van der Waals surface area contributed by atoms with Crippen molar-refractivity contribution in [3.63, 3.8) is 0 Å². The average molecular weight is 848 g/mol. The SMILES string of the molecule is CO/N=C(\C)c1ccc(-c2ccccc2NC(=O)c2cn(C)cc2C)cc1.CO/N=C(\C)c1ccc(B(O)O)cc1.Cc1cn(C)cc1C(=O)Nc1ccccc1Br. The minimum atomic E-state index is -1.43. The first-order valence-corrected chi connectivity index (χ1v) is 19.0. The molecule has 0 aliphatic carbocycles. The highest BCUT2D eigenvalue weighted by Crippen LogP contribution is 2.29. The Morgan fingerprint density at radius 3 is 1.50 bits per heavy atom. The van der Waals surface area contributed by atoms with Crippen LogP contribution in [0.4, 0.5) is 11.4 Å². The van der Waals surface area contributed by atoms with E-state index in [0.717, 1.165) is 60.7 Å². The molecule has 0 fully saturated rings. The number of benzene rings is 4. The molecular formula is C44H48BBrN6O6. The zero-order chi connectivity index (χ0) is 42.4. The molecule has 300 valence electrons. The first-order chi connectivity index (χ1) is 27.7. The molecule has 0 unspecified atom stereocenters. The molecule has 0 aliphatic heterocycles. The van der Waals surface area contributed by atoms with Gasteiger partial charge in [0.15, 0.2) is 0 Å². The van der Waals surface area contributed by atoms with Crippen molar-refractivity contribution in [3.8, 4) is 11.1 Å². The highest BCUT2D eigenvalue weighted by molar-refractivity contribution is 9.10. The van der Waals surface area contributed by atoms with Crippen LogP contribution in [0.5, 0.6) is 0 Å². The van der Waals surface area contributed by atoms with Gasteiger partial charge in [0.2, 0.25) is 0 Å². The van der Waals surface area contributed by atoms with E-state index in [1.807, 2.05) is 149 Å². The second kappa shape index (κ2) is 21.3. The second-order valence-corrected chi connectivity index (χ2v) is 14.1. The molecule has 12 nitrogen and oxygen atoms in total. The Hall–Kier alpha value is -6.22. The van der Waals surface area contributed by atoms with Gasteiger partial charge in [0.25, 0.3) is 11.8 Å². The normalized spacial score (nSPS) is 11.0. The molecule has 0 bridgehead atoms. The maximum absolute atomic E-state index is 12.7. The van der Waals surface area contributed by atoms with Crippen molar-refractivity contribution in [2.75, 3.05) is 24.9 Å². The standard InChI is InChI=1S/C22H23N3O2.C13H13BrN2O.C9H12BNO3/c1-15-13-25(3)14-20(15)22(26)23-21-8-6-5-7-19(21)18-11-9-17(10-12-18)16(2)24-27-4;1-9-7-16(2)8-10(9)13(17)15-12-6-4-3-5-11(12)14;1-7(11-14-2)8-3-5-9(6-4-8)10(12)13/h5-14H,1-4H3,(H,23,26);3-8H,1-2H3,(H,15,17);3-6,12-13H,1-2H3/b24-16+;;11-7+. The fourth-order valence-corrected chi connectivity index (χ4v) is 6.25. The second-order valence-electron chi connectivity index (χ2n) is 13.3. The van der Waals surface area contributed by atoms with E-state index in [1.54, 1.807) is 24.3 Å². The van der Waals surface area contributed by atoms with Crippen molar-refractivity contribution in [2.24, 2.45) is 24.4 Å². The molecule has 2 aromatic heterocycles. The predicted octanol–water partition coefficient (Wildman–Crippen LogP) is 7.71. The highest BCUT2D eigenvalue weighted by atomic mass is 79.9. The summed E-state index contributed by atoms with van der Waals surface area (Å²) < 4.78 is 4.64. The topological polar surface area (TPSA) is 152 Å². The lowest BCUT2D eigenvalue weighted by atomic mass is 9.80. The maximum atomic E-state index is 12.7. The Morgan fingerprint density at radius 1 is 0.638 bits per heavy atom. The lowest BCUT2D eigenvalue weighted by Gasteiger charge is -2.12. The van der Waals surface area contributed by atoms with Crippen LogP contribution >= 0.6 is 15.9 Å². The Morgan fingerprint density at radius 2 is 1.07 bits per heavy atom.